The number of hydrogen-bond donors (Lipinski definition) is 2. The Kier molecular flexibility index (Phi) is 4.24. The number of carbonyl (C=O) groups is 1. The van der Waals surface area contributed by atoms with Crippen molar-refractivity contribution in [1.82, 2.24) is 0 Å². The molecule has 0 spiro atoms. The van der Waals surface area contributed by atoms with Crippen LogP contribution >= 0.6 is 0 Å². The molecular weight excluding hydrogens is 224 g/mol. The molecule has 1 aromatic rings. The zero-order valence-electron chi connectivity index (χ0n) is 11.0. The zero-order valence-corrected chi connectivity index (χ0v) is 11.0. The highest BCUT2D eigenvalue weighted by Gasteiger charge is 2.17. The van der Waals surface area contributed by atoms with Crippen LogP contribution in [-0.2, 0) is 4.79 Å². The fraction of sp³-hybridized carbons (Fsp3) is 0.533. The molecule has 0 aliphatic heterocycles. The van der Waals surface area contributed by atoms with Gasteiger partial charge < -0.3 is 11.1 Å². The van der Waals surface area contributed by atoms with E-state index < -0.39 is 0 Å². The van der Waals surface area contributed by atoms with Gasteiger partial charge in [-0.25, -0.2) is 0 Å². The molecule has 1 amide bonds. The molecule has 3 nitrogen and oxygen atoms in total. The number of nitrogen functional groups attached to an aromatic ring is 1. The average Bonchev–Trinajstić information content (AvgIpc) is 2.35. The number of amides is 1. The second-order valence-electron chi connectivity index (χ2n) is 5.33. The normalized spacial score (nSPS) is 16.5. The van der Waals surface area contributed by atoms with Gasteiger partial charge in [0.25, 0.3) is 0 Å². The van der Waals surface area contributed by atoms with E-state index in [1.54, 1.807) is 0 Å². The summed E-state index contributed by atoms with van der Waals surface area (Å²) in [6.07, 6.45) is 6.91. The van der Waals surface area contributed by atoms with Gasteiger partial charge in [0.1, 0.15) is 0 Å². The van der Waals surface area contributed by atoms with Crippen LogP contribution in [0.5, 0.6) is 0 Å². The van der Waals surface area contributed by atoms with Gasteiger partial charge in [0.2, 0.25) is 5.91 Å². The maximum Gasteiger partial charge on any atom is 0.224 e. The predicted octanol–water partition coefficient (Wildman–Crippen LogP) is 3.49. The first-order valence-corrected chi connectivity index (χ1v) is 6.81. The Hall–Kier alpha value is -1.51. The van der Waals surface area contributed by atoms with Crippen molar-refractivity contribution in [3.63, 3.8) is 0 Å². The molecule has 98 valence electrons. The predicted molar refractivity (Wildman–Crippen MR) is 75.4 cm³/mol. The minimum Gasteiger partial charge on any atom is -0.399 e. The number of rotatable bonds is 3. The Balaban J connectivity index is 1.92. The van der Waals surface area contributed by atoms with Crippen molar-refractivity contribution in [3.05, 3.63) is 23.8 Å². The van der Waals surface area contributed by atoms with Gasteiger partial charge in [-0.1, -0.05) is 25.3 Å². The van der Waals surface area contributed by atoms with Crippen molar-refractivity contribution in [1.29, 1.82) is 0 Å². The highest BCUT2D eigenvalue weighted by molar-refractivity contribution is 5.92. The van der Waals surface area contributed by atoms with Gasteiger partial charge in [-0.3, -0.25) is 4.79 Å². The summed E-state index contributed by atoms with van der Waals surface area (Å²) in [5.41, 5.74) is 8.32. The van der Waals surface area contributed by atoms with E-state index in [1.165, 1.54) is 32.1 Å². The fourth-order valence-corrected chi connectivity index (χ4v) is 2.63. The SMILES string of the molecule is Cc1ccc(N)cc1NC(=O)CC1CCCCC1. The highest BCUT2D eigenvalue weighted by atomic mass is 16.1. The lowest BCUT2D eigenvalue weighted by Gasteiger charge is -2.21. The van der Waals surface area contributed by atoms with Crippen LogP contribution in [0.15, 0.2) is 18.2 Å². The first-order valence-electron chi connectivity index (χ1n) is 6.81. The van der Waals surface area contributed by atoms with Crippen molar-refractivity contribution < 1.29 is 4.79 Å². The molecule has 1 aliphatic carbocycles. The molecular formula is C15H22N2O. The zero-order chi connectivity index (χ0) is 13.0. The number of benzene rings is 1. The molecule has 1 aliphatic rings. The number of nitrogens with one attached hydrogen (secondary N) is 1. The first-order chi connectivity index (χ1) is 8.65. The molecule has 1 fully saturated rings. The van der Waals surface area contributed by atoms with Crippen LogP contribution in [0.25, 0.3) is 0 Å². The van der Waals surface area contributed by atoms with Gasteiger partial charge >= 0.3 is 0 Å². The number of carbonyl (C=O) groups excluding carboxylic acids is 1. The van der Waals surface area contributed by atoms with Crippen molar-refractivity contribution in [2.24, 2.45) is 5.92 Å². The second-order valence-corrected chi connectivity index (χ2v) is 5.33. The second kappa shape index (κ2) is 5.89. The molecule has 0 atom stereocenters. The van der Waals surface area contributed by atoms with Crippen LogP contribution < -0.4 is 11.1 Å². The van der Waals surface area contributed by atoms with Gasteiger partial charge in [-0.05, 0) is 43.4 Å². The van der Waals surface area contributed by atoms with Crippen LogP contribution in [-0.4, -0.2) is 5.91 Å². The average molecular weight is 246 g/mol. The van der Waals surface area contributed by atoms with E-state index in [0.29, 0.717) is 18.0 Å². The Bertz CT molecular complexity index is 423. The lowest BCUT2D eigenvalue weighted by Crippen LogP contribution is -2.18. The van der Waals surface area contributed by atoms with E-state index in [1.807, 2.05) is 25.1 Å². The van der Waals surface area contributed by atoms with E-state index in [-0.39, 0.29) is 5.91 Å². The molecule has 0 radical (unpaired) electrons. The standard InChI is InChI=1S/C15H22N2O/c1-11-7-8-13(16)10-14(11)17-15(18)9-12-5-3-2-4-6-12/h7-8,10,12H,2-6,9,16H2,1H3,(H,17,18). The third-order valence-electron chi connectivity index (χ3n) is 3.73. The third kappa shape index (κ3) is 3.49. The molecule has 0 heterocycles. The van der Waals surface area contributed by atoms with Gasteiger partial charge in [-0.15, -0.1) is 0 Å². The van der Waals surface area contributed by atoms with Gasteiger partial charge in [0.05, 0.1) is 0 Å². The number of aryl methyl sites for hydroxylation is 1. The molecule has 1 saturated carbocycles. The summed E-state index contributed by atoms with van der Waals surface area (Å²) in [4.78, 5) is 12.0. The molecule has 1 aromatic carbocycles. The van der Waals surface area contributed by atoms with E-state index in [9.17, 15) is 4.79 Å². The van der Waals surface area contributed by atoms with Gasteiger partial charge in [0, 0.05) is 17.8 Å². The first kappa shape index (κ1) is 12.9. The topological polar surface area (TPSA) is 55.1 Å². The van der Waals surface area contributed by atoms with Crippen molar-refractivity contribution in [2.45, 2.75) is 45.4 Å². The third-order valence-corrected chi connectivity index (χ3v) is 3.73. The monoisotopic (exact) mass is 246 g/mol. The summed E-state index contributed by atoms with van der Waals surface area (Å²) < 4.78 is 0. The summed E-state index contributed by atoms with van der Waals surface area (Å²) in [6.45, 7) is 1.98. The minimum absolute atomic E-state index is 0.121. The maximum atomic E-state index is 12.0. The summed E-state index contributed by atoms with van der Waals surface area (Å²) in [6, 6.07) is 5.62. The molecule has 0 aromatic heterocycles. The van der Waals surface area contributed by atoms with E-state index in [0.717, 1.165) is 11.3 Å². The quantitative estimate of drug-likeness (QED) is 0.802. The Morgan fingerprint density at radius 2 is 2.06 bits per heavy atom. The summed E-state index contributed by atoms with van der Waals surface area (Å²) >= 11 is 0. The molecule has 0 saturated heterocycles. The Morgan fingerprint density at radius 3 is 2.78 bits per heavy atom. The van der Waals surface area contributed by atoms with E-state index >= 15 is 0 Å². The summed E-state index contributed by atoms with van der Waals surface area (Å²) in [5, 5.41) is 2.98. The number of anilines is 2. The number of hydrogen-bond acceptors (Lipinski definition) is 2. The largest absolute Gasteiger partial charge is 0.399 e. The smallest absolute Gasteiger partial charge is 0.224 e. The maximum absolute atomic E-state index is 12.0. The summed E-state index contributed by atoms with van der Waals surface area (Å²) in [5.74, 6) is 0.690. The van der Waals surface area contributed by atoms with Crippen LogP contribution in [0.3, 0.4) is 0 Å². The summed E-state index contributed by atoms with van der Waals surface area (Å²) in [7, 11) is 0. The lowest BCUT2D eigenvalue weighted by atomic mass is 9.87. The van der Waals surface area contributed by atoms with Crippen molar-refractivity contribution in [3.8, 4) is 0 Å². The molecule has 18 heavy (non-hydrogen) atoms. The van der Waals surface area contributed by atoms with Crippen LogP contribution in [0.1, 0.15) is 44.1 Å². The Morgan fingerprint density at radius 1 is 1.33 bits per heavy atom. The fourth-order valence-electron chi connectivity index (χ4n) is 2.63. The van der Waals surface area contributed by atoms with Crippen LogP contribution in [0, 0.1) is 12.8 Å². The Labute approximate surface area is 109 Å². The molecule has 3 N–H and O–H groups in total. The number of nitrogens with two attached hydrogens (primary N) is 1. The molecule has 3 heteroatoms. The van der Waals surface area contributed by atoms with Gasteiger partial charge in [0.15, 0.2) is 0 Å². The minimum atomic E-state index is 0.121. The van der Waals surface area contributed by atoms with E-state index in [2.05, 4.69) is 5.32 Å². The highest BCUT2D eigenvalue weighted by Crippen LogP contribution is 2.27. The van der Waals surface area contributed by atoms with Crippen molar-refractivity contribution >= 4 is 17.3 Å². The molecule has 0 unspecified atom stereocenters. The van der Waals surface area contributed by atoms with Crippen LogP contribution in [0.2, 0.25) is 0 Å². The lowest BCUT2D eigenvalue weighted by molar-refractivity contribution is -0.117. The van der Waals surface area contributed by atoms with Gasteiger partial charge in [-0.2, -0.15) is 0 Å². The van der Waals surface area contributed by atoms with E-state index in [4.69, 9.17) is 5.73 Å². The van der Waals surface area contributed by atoms with Crippen molar-refractivity contribution in [2.75, 3.05) is 11.1 Å². The van der Waals surface area contributed by atoms with Crippen LogP contribution in [0.4, 0.5) is 11.4 Å². The molecule has 0 bridgehead atoms. The molecule has 2 rings (SSSR count).